The summed E-state index contributed by atoms with van der Waals surface area (Å²) < 4.78 is 11.8. The molecule has 0 spiro atoms. The van der Waals surface area contributed by atoms with Crippen LogP contribution in [0.15, 0.2) is 83.8 Å². The molecule has 1 aliphatic rings. The lowest BCUT2D eigenvalue weighted by Gasteiger charge is -2.23. The van der Waals surface area contributed by atoms with Gasteiger partial charge in [0.05, 0.1) is 22.0 Å². The van der Waals surface area contributed by atoms with E-state index in [9.17, 15) is 18.9 Å². The van der Waals surface area contributed by atoms with Crippen molar-refractivity contribution in [2.75, 3.05) is 21.8 Å². The normalized spacial score (nSPS) is 14.1. The smallest absolute Gasteiger partial charge is 0.257 e. The average Bonchev–Trinajstić information content (AvgIpc) is 2.99. The first-order valence-corrected chi connectivity index (χ1v) is 12.9. The number of amides is 3. The summed E-state index contributed by atoms with van der Waals surface area (Å²) >= 11 is 4.93. The first-order valence-electron chi connectivity index (χ1n) is 11.0. The SMILES string of the molecule is C[S+]([O-])c1ccc(Cl)c(C(=O)Nc2ccc(N3C(=O)CC(=O)Nc4c3ccc3ccccc43)cc2)c1. The maximum absolute atomic E-state index is 13.1. The first kappa shape index (κ1) is 23.9. The average molecular weight is 518 g/mol. The zero-order valence-corrected chi connectivity index (χ0v) is 20.7. The first-order chi connectivity index (χ1) is 17.3. The number of halogens is 1. The molecule has 9 heteroatoms. The molecule has 4 aromatic carbocycles. The van der Waals surface area contributed by atoms with Crippen LogP contribution < -0.4 is 15.5 Å². The van der Waals surface area contributed by atoms with E-state index in [2.05, 4.69) is 10.6 Å². The van der Waals surface area contributed by atoms with Crippen molar-refractivity contribution in [3.63, 3.8) is 0 Å². The second kappa shape index (κ2) is 9.66. The minimum atomic E-state index is -1.26. The van der Waals surface area contributed by atoms with Gasteiger partial charge in [-0.2, -0.15) is 0 Å². The van der Waals surface area contributed by atoms with Gasteiger partial charge in [-0.15, -0.1) is 0 Å². The number of fused-ring (bicyclic) bond motifs is 3. The van der Waals surface area contributed by atoms with Gasteiger partial charge in [0.2, 0.25) is 11.8 Å². The molecule has 2 N–H and O–H groups in total. The second-order valence-corrected chi connectivity index (χ2v) is 10.0. The van der Waals surface area contributed by atoms with Crippen molar-refractivity contribution in [2.45, 2.75) is 11.3 Å². The standard InChI is InChI=1S/C27H20ClN3O4S/c1-36(35)19-11-12-22(28)21(14-19)27(34)29-17-7-9-18(10-8-17)31-23-13-6-16-4-2-3-5-20(16)26(23)30-24(32)15-25(31)33/h2-14H,15H2,1H3,(H,29,34)(H,30,32). The fourth-order valence-corrected chi connectivity index (χ4v) is 4.89. The van der Waals surface area contributed by atoms with Crippen LogP contribution in [0.1, 0.15) is 16.8 Å². The summed E-state index contributed by atoms with van der Waals surface area (Å²) in [5.41, 5.74) is 2.38. The molecule has 1 heterocycles. The summed E-state index contributed by atoms with van der Waals surface area (Å²) in [6.45, 7) is 0. The molecule has 0 radical (unpaired) electrons. The summed E-state index contributed by atoms with van der Waals surface area (Å²) in [7, 11) is 0. The van der Waals surface area contributed by atoms with Crippen LogP contribution in [0, 0.1) is 0 Å². The number of hydrogen-bond donors (Lipinski definition) is 2. The molecule has 1 atom stereocenters. The molecule has 0 fully saturated rings. The molecule has 0 saturated heterocycles. The molecule has 5 rings (SSSR count). The van der Waals surface area contributed by atoms with E-state index in [-0.39, 0.29) is 28.8 Å². The summed E-state index contributed by atoms with van der Waals surface area (Å²) in [6.07, 6.45) is 1.23. The van der Waals surface area contributed by atoms with Gasteiger partial charge < -0.3 is 15.2 Å². The molecule has 0 aliphatic carbocycles. The Kier molecular flexibility index (Phi) is 6.40. The Bertz CT molecular complexity index is 1520. The predicted molar refractivity (Wildman–Crippen MR) is 143 cm³/mol. The van der Waals surface area contributed by atoms with Crippen LogP contribution >= 0.6 is 11.6 Å². The molecule has 180 valence electrons. The number of carbonyl (C=O) groups is 3. The fraction of sp³-hybridized carbons (Fsp3) is 0.0741. The Balaban J connectivity index is 1.46. The van der Waals surface area contributed by atoms with Gasteiger partial charge in [0, 0.05) is 22.8 Å². The van der Waals surface area contributed by atoms with Gasteiger partial charge in [-0.3, -0.25) is 19.3 Å². The molecule has 4 aromatic rings. The monoisotopic (exact) mass is 517 g/mol. The quantitative estimate of drug-likeness (QED) is 0.276. The minimum Gasteiger partial charge on any atom is -0.612 e. The van der Waals surface area contributed by atoms with E-state index in [0.29, 0.717) is 27.6 Å². The zero-order valence-electron chi connectivity index (χ0n) is 19.1. The Morgan fingerprint density at radius 3 is 2.53 bits per heavy atom. The van der Waals surface area contributed by atoms with Crippen LogP contribution in [-0.2, 0) is 20.8 Å². The number of anilines is 4. The van der Waals surface area contributed by atoms with E-state index in [1.807, 2.05) is 36.4 Å². The lowest BCUT2D eigenvalue weighted by molar-refractivity contribution is -0.124. The van der Waals surface area contributed by atoms with E-state index in [1.165, 1.54) is 23.3 Å². The topological polar surface area (TPSA) is 102 Å². The highest BCUT2D eigenvalue weighted by Crippen LogP contribution is 2.40. The summed E-state index contributed by atoms with van der Waals surface area (Å²) in [5.74, 6) is -1.19. The van der Waals surface area contributed by atoms with Crippen molar-refractivity contribution in [1.29, 1.82) is 0 Å². The number of rotatable bonds is 4. The van der Waals surface area contributed by atoms with Gasteiger partial charge in [-0.1, -0.05) is 41.9 Å². The summed E-state index contributed by atoms with van der Waals surface area (Å²) in [4.78, 5) is 40.3. The highest BCUT2D eigenvalue weighted by molar-refractivity contribution is 7.90. The van der Waals surface area contributed by atoms with Gasteiger partial charge in [0.15, 0.2) is 4.90 Å². The third-order valence-corrected chi connectivity index (χ3v) is 7.12. The van der Waals surface area contributed by atoms with Crippen molar-refractivity contribution in [2.24, 2.45) is 0 Å². The fourth-order valence-electron chi connectivity index (χ4n) is 4.14. The highest BCUT2D eigenvalue weighted by atomic mass is 35.5. The van der Waals surface area contributed by atoms with Gasteiger partial charge >= 0.3 is 0 Å². The third kappa shape index (κ3) is 4.54. The molecule has 1 aliphatic heterocycles. The largest absolute Gasteiger partial charge is 0.612 e. The van der Waals surface area contributed by atoms with Gasteiger partial charge in [-0.05, 0) is 59.0 Å². The summed E-state index contributed by atoms with van der Waals surface area (Å²) in [6, 6.07) is 22.7. The maximum atomic E-state index is 13.1. The van der Waals surface area contributed by atoms with E-state index < -0.39 is 17.1 Å². The van der Waals surface area contributed by atoms with E-state index >= 15 is 0 Å². The van der Waals surface area contributed by atoms with Gasteiger partial charge in [-0.25, -0.2) is 0 Å². The van der Waals surface area contributed by atoms with Crippen LogP contribution in [-0.4, -0.2) is 28.5 Å². The molecule has 0 aromatic heterocycles. The van der Waals surface area contributed by atoms with Crippen LogP contribution in [0.4, 0.5) is 22.7 Å². The molecule has 7 nitrogen and oxygen atoms in total. The van der Waals surface area contributed by atoms with Crippen LogP contribution in [0.25, 0.3) is 10.8 Å². The Labute approximate surface area is 215 Å². The Hall–Kier alpha value is -3.85. The number of carbonyl (C=O) groups excluding carboxylic acids is 3. The molecule has 0 bridgehead atoms. The van der Waals surface area contributed by atoms with Gasteiger partial charge in [0.1, 0.15) is 12.7 Å². The minimum absolute atomic E-state index is 0.210. The van der Waals surface area contributed by atoms with Crippen molar-refractivity contribution in [3.8, 4) is 0 Å². The predicted octanol–water partition coefficient (Wildman–Crippen LogP) is 5.49. The molecular formula is C27H20ClN3O4S. The van der Waals surface area contributed by atoms with Crippen molar-refractivity contribution >= 4 is 74.0 Å². The molecular weight excluding hydrogens is 498 g/mol. The van der Waals surface area contributed by atoms with Crippen LogP contribution in [0.5, 0.6) is 0 Å². The number of nitrogens with zero attached hydrogens (tertiary/aromatic N) is 1. The molecule has 36 heavy (non-hydrogen) atoms. The van der Waals surface area contributed by atoms with Crippen LogP contribution in [0.3, 0.4) is 0 Å². The Morgan fingerprint density at radius 1 is 1.03 bits per heavy atom. The zero-order chi connectivity index (χ0) is 25.4. The van der Waals surface area contributed by atoms with Crippen LogP contribution in [0.2, 0.25) is 5.02 Å². The Morgan fingerprint density at radius 2 is 1.78 bits per heavy atom. The van der Waals surface area contributed by atoms with Crippen molar-refractivity contribution < 1.29 is 18.9 Å². The summed E-state index contributed by atoms with van der Waals surface area (Å²) in [5, 5.41) is 7.67. The van der Waals surface area contributed by atoms with Crippen molar-refractivity contribution in [1.82, 2.24) is 0 Å². The van der Waals surface area contributed by atoms with E-state index in [1.54, 1.807) is 30.3 Å². The number of benzene rings is 4. The number of nitrogens with one attached hydrogen (secondary N) is 2. The van der Waals surface area contributed by atoms with E-state index in [4.69, 9.17) is 11.6 Å². The number of hydrogen-bond acceptors (Lipinski definition) is 4. The molecule has 0 saturated carbocycles. The van der Waals surface area contributed by atoms with Crippen molar-refractivity contribution in [3.05, 3.63) is 89.4 Å². The second-order valence-electron chi connectivity index (χ2n) is 8.23. The molecule has 1 unspecified atom stereocenters. The van der Waals surface area contributed by atoms with Gasteiger partial charge in [0.25, 0.3) is 5.91 Å². The maximum Gasteiger partial charge on any atom is 0.257 e. The third-order valence-electron chi connectivity index (χ3n) is 5.87. The lowest BCUT2D eigenvalue weighted by Crippen LogP contribution is -2.26. The van der Waals surface area contributed by atoms with E-state index in [0.717, 1.165) is 10.8 Å². The molecule has 3 amide bonds. The lowest BCUT2D eigenvalue weighted by atomic mass is 10.1. The highest BCUT2D eigenvalue weighted by Gasteiger charge is 2.28.